The first-order chi connectivity index (χ1) is 13.0. The summed E-state index contributed by atoms with van der Waals surface area (Å²) in [6, 6.07) is 11.6. The van der Waals surface area contributed by atoms with E-state index in [0.29, 0.717) is 32.0 Å². The van der Waals surface area contributed by atoms with Gasteiger partial charge in [-0.15, -0.1) is 0 Å². The number of hydrogen-bond acceptors (Lipinski definition) is 4. The fourth-order valence-electron chi connectivity index (χ4n) is 3.78. The number of fused-ring (bicyclic) bond motifs is 1. The molecule has 6 nitrogen and oxygen atoms in total. The maximum atomic E-state index is 12.8. The predicted octanol–water partition coefficient (Wildman–Crippen LogP) is 2.22. The summed E-state index contributed by atoms with van der Waals surface area (Å²) in [6.07, 6.45) is 0.234. The zero-order chi connectivity index (χ0) is 19.0. The third kappa shape index (κ3) is 3.35. The molecule has 0 radical (unpaired) electrons. The Hall–Kier alpha value is -3.02. The van der Waals surface area contributed by atoms with E-state index in [1.165, 1.54) is 0 Å². The van der Waals surface area contributed by atoms with Crippen molar-refractivity contribution in [2.75, 3.05) is 19.7 Å². The first kappa shape index (κ1) is 17.4. The molecule has 0 aromatic heterocycles. The van der Waals surface area contributed by atoms with Gasteiger partial charge in [-0.25, -0.2) is 0 Å². The number of aromatic hydroxyl groups is 1. The quantitative estimate of drug-likeness (QED) is 0.854. The molecule has 1 saturated heterocycles. The summed E-state index contributed by atoms with van der Waals surface area (Å²) in [7, 11) is 0. The Labute approximate surface area is 157 Å². The van der Waals surface area contributed by atoms with Crippen molar-refractivity contribution < 1.29 is 19.4 Å². The van der Waals surface area contributed by atoms with E-state index in [2.05, 4.69) is 5.32 Å². The van der Waals surface area contributed by atoms with Crippen molar-refractivity contribution >= 4 is 11.8 Å². The molecule has 1 fully saturated rings. The second-order valence-corrected chi connectivity index (χ2v) is 7.11. The second kappa shape index (κ2) is 6.95. The number of benzene rings is 2. The first-order valence-corrected chi connectivity index (χ1v) is 9.13. The number of phenols is 1. The second-order valence-electron chi connectivity index (χ2n) is 7.11. The van der Waals surface area contributed by atoms with Gasteiger partial charge in [-0.2, -0.15) is 0 Å². The Balaban J connectivity index is 1.66. The minimum Gasteiger partial charge on any atom is -0.504 e. The number of nitrogens with zero attached hydrogens (tertiary/aromatic N) is 1. The van der Waals surface area contributed by atoms with E-state index in [1.54, 1.807) is 11.0 Å². The Bertz CT molecular complexity index is 909. The van der Waals surface area contributed by atoms with Gasteiger partial charge in [0.2, 0.25) is 11.8 Å². The maximum absolute atomic E-state index is 12.8. The number of carbonyl (C=O) groups excluding carboxylic acids is 2. The van der Waals surface area contributed by atoms with Crippen molar-refractivity contribution in [3.63, 3.8) is 0 Å². The molecule has 140 valence electrons. The van der Waals surface area contributed by atoms with E-state index >= 15 is 0 Å². The van der Waals surface area contributed by atoms with Crippen LogP contribution in [-0.4, -0.2) is 41.5 Å². The summed E-state index contributed by atoms with van der Waals surface area (Å²) in [5.41, 5.74) is 3.80. The first-order valence-electron chi connectivity index (χ1n) is 9.13. The average Bonchev–Trinajstić information content (AvgIpc) is 2.96. The number of aryl methyl sites for hydroxylation is 1. The van der Waals surface area contributed by atoms with Gasteiger partial charge in [0.1, 0.15) is 6.61 Å². The highest BCUT2D eigenvalue weighted by Crippen LogP contribution is 2.38. The standard InChI is InChI=1S/C21H22N2O4/c1-13-4-2-3-5-17(13)14-8-16-12-23(6-7-27-20(16)18(24)9-14)21(26)15-10-19(25)22-11-15/h2-5,8-9,15,24H,6-7,10-12H2,1H3,(H,22,25)/t15-/m1/s1. The molecule has 2 aromatic rings. The summed E-state index contributed by atoms with van der Waals surface area (Å²) in [5.74, 6) is 0.0538. The smallest absolute Gasteiger partial charge is 0.228 e. The van der Waals surface area contributed by atoms with Crippen LogP contribution in [0, 0.1) is 12.8 Å². The summed E-state index contributed by atoms with van der Waals surface area (Å²) >= 11 is 0. The fourth-order valence-corrected chi connectivity index (χ4v) is 3.78. The van der Waals surface area contributed by atoms with Gasteiger partial charge in [0.15, 0.2) is 11.5 Å². The molecular weight excluding hydrogens is 344 g/mol. The summed E-state index contributed by atoms with van der Waals surface area (Å²) in [6.45, 7) is 3.50. The third-order valence-electron chi connectivity index (χ3n) is 5.21. The van der Waals surface area contributed by atoms with Crippen LogP contribution in [0.1, 0.15) is 17.5 Å². The maximum Gasteiger partial charge on any atom is 0.228 e. The van der Waals surface area contributed by atoms with Gasteiger partial charge in [-0.3, -0.25) is 9.59 Å². The van der Waals surface area contributed by atoms with E-state index in [9.17, 15) is 14.7 Å². The van der Waals surface area contributed by atoms with Gasteiger partial charge in [0.25, 0.3) is 0 Å². The van der Waals surface area contributed by atoms with E-state index in [0.717, 1.165) is 22.3 Å². The number of hydrogen-bond donors (Lipinski definition) is 2. The fraction of sp³-hybridized carbons (Fsp3) is 0.333. The molecule has 2 aliphatic heterocycles. The lowest BCUT2D eigenvalue weighted by atomic mass is 9.97. The third-order valence-corrected chi connectivity index (χ3v) is 5.21. The van der Waals surface area contributed by atoms with Crippen molar-refractivity contribution in [1.82, 2.24) is 10.2 Å². The number of phenolic OH excluding ortho intramolecular Hbond substituents is 1. The minimum atomic E-state index is -0.327. The molecule has 0 saturated carbocycles. The topological polar surface area (TPSA) is 78.9 Å². The van der Waals surface area contributed by atoms with Gasteiger partial charge in [0.05, 0.1) is 12.5 Å². The molecule has 0 aliphatic carbocycles. The highest BCUT2D eigenvalue weighted by Gasteiger charge is 2.33. The highest BCUT2D eigenvalue weighted by molar-refractivity contribution is 5.89. The zero-order valence-corrected chi connectivity index (χ0v) is 15.2. The van der Waals surface area contributed by atoms with Crippen molar-refractivity contribution in [2.45, 2.75) is 19.9 Å². The number of nitrogens with one attached hydrogen (secondary N) is 1. The zero-order valence-electron chi connectivity index (χ0n) is 15.2. The number of amides is 2. The Morgan fingerprint density at radius 1 is 1.30 bits per heavy atom. The summed E-state index contributed by atoms with van der Waals surface area (Å²) in [4.78, 5) is 26.0. The summed E-state index contributed by atoms with van der Waals surface area (Å²) < 4.78 is 5.74. The van der Waals surface area contributed by atoms with Crippen molar-refractivity contribution in [2.24, 2.45) is 5.92 Å². The number of ether oxygens (including phenoxy) is 1. The number of rotatable bonds is 2. The van der Waals surface area contributed by atoms with Crippen molar-refractivity contribution in [3.8, 4) is 22.6 Å². The summed E-state index contributed by atoms with van der Waals surface area (Å²) in [5, 5.41) is 13.2. The molecule has 2 N–H and O–H groups in total. The molecule has 4 rings (SSSR count). The normalized spacial score (nSPS) is 19.1. The van der Waals surface area contributed by atoms with Gasteiger partial charge in [-0.05, 0) is 35.7 Å². The average molecular weight is 366 g/mol. The Morgan fingerprint density at radius 3 is 2.85 bits per heavy atom. The van der Waals surface area contributed by atoms with Crippen LogP contribution in [-0.2, 0) is 16.1 Å². The monoisotopic (exact) mass is 366 g/mol. The molecule has 0 unspecified atom stereocenters. The molecule has 2 heterocycles. The van der Waals surface area contributed by atoms with Crippen LogP contribution >= 0.6 is 0 Å². The lowest BCUT2D eigenvalue weighted by Crippen LogP contribution is -2.37. The molecule has 0 bridgehead atoms. The van der Waals surface area contributed by atoms with E-state index in [1.807, 2.05) is 37.3 Å². The van der Waals surface area contributed by atoms with Crippen LogP contribution in [0.3, 0.4) is 0 Å². The van der Waals surface area contributed by atoms with Crippen molar-refractivity contribution in [3.05, 3.63) is 47.5 Å². The lowest BCUT2D eigenvalue weighted by Gasteiger charge is -2.23. The van der Waals surface area contributed by atoms with E-state index in [4.69, 9.17) is 4.74 Å². The molecular formula is C21H22N2O4. The Morgan fingerprint density at radius 2 is 2.11 bits per heavy atom. The molecule has 6 heteroatoms. The van der Waals surface area contributed by atoms with Gasteiger partial charge in [0, 0.05) is 25.1 Å². The predicted molar refractivity (Wildman–Crippen MR) is 100 cm³/mol. The van der Waals surface area contributed by atoms with Crippen LogP contribution in [0.4, 0.5) is 0 Å². The van der Waals surface area contributed by atoms with Gasteiger partial charge >= 0.3 is 0 Å². The molecule has 27 heavy (non-hydrogen) atoms. The van der Waals surface area contributed by atoms with Crippen LogP contribution in [0.15, 0.2) is 36.4 Å². The molecule has 0 spiro atoms. The van der Waals surface area contributed by atoms with Crippen LogP contribution in [0.25, 0.3) is 11.1 Å². The van der Waals surface area contributed by atoms with Crippen LogP contribution in [0.5, 0.6) is 11.5 Å². The van der Waals surface area contributed by atoms with E-state index in [-0.39, 0.29) is 29.9 Å². The SMILES string of the molecule is Cc1ccccc1-c1cc(O)c2c(c1)CN(C(=O)[C@H]1CNC(=O)C1)CCO2. The van der Waals surface area contributed by atoms with Gasteiger partial charge < -0.3 is 20.1 Å². The van der Waals surface area contributed by atoms with Crippen LogP contribution < -0.4 is 10.1 Å². The largest absolute Gasteiger partial charge is 0.504 e. The lowest BCUT2D eigenvalue weighted by molar-refractivity contribution is -0.136. The molecule has 1 atom stereocenters. The molecule has 2 amide bonds. The van der Waals surface area contributed by atoms with Crippen LogP contribution in [0.2, 0.25) is 0 Å². The van der Waals surface area contributed by atoms with E-state index < -0.39 is 0 Å². The number of carbonyl (C=O) groups is 2. The molecule has 2 aromatic carbocycles. The van der Waals surface area contributed by atoms with Gasteiger partial charge in [-0.1, -0.05) is 24.3 Å². The Kier molecular flexibility index (Phi) is 4.48. The highest BCUT2D eigenvalue weighted by atomic mass is 16.5. The van der Waals surface area contributed by atoms with Crippen molar-refractivity contribution in [1.29, 1.82) is 0 Å². The minimum absolute atomic E-state index is 0.0504. The molecule has 2 aliphatic rings.